The van der Waals surface area contributed by atoms with Crippen LogP contribution in [-0.2, 0) is 11.3 Å². The first-order chi connectivity index (χ1) is 8.31. The van der Waals surface area contributed by atoms with E-state index in [2.05, 4.69) is 0 Å². The van der Waals surface area contributed by atoms with E-state index in [1.807, 2.05) is 16.8 Å². The minimum atomic E-state index is -0.846. The maximum atomic E-state index is 11.2. The minimum Gasteiger partial charge on any atom is -0.481 e. The van der Waals surface area contributed by atoms with E-state index >= 15 is 0 Å². The predicted molar refractivity (Wildman–Crippen MR) is 73.4 cm³/mol. The van der Waals surface area contributed by atoms with Gasteiger partial charge < -0.3 is 9.67 Å². The lowest BCUT2D eigenvalue weighted by Gasteiger charge is -2.20. The zero-order valence-electron chi connectivity index (χ0n) is 10.1. The van der Waals surface area contributed by atoms with E-state index in [-0.39, 0.29) is 0 Å². The van der Waals surface area contributed by atoms with E-state index in [0.717, 1.165) is 10.9 Å². The van der Waals surface area contributed by atoms with Crippen LogP contribution in [-0.4, -0.2) is 15.6 Å². The van der Waals surface area contributed by atoms with Crippen molar-refractivity contribution in [3.63, 3.8) is 0 Å². The van der Waals surface area contributed by atoms with E-state index in [9.17, 15) is 4.79 Å². The summed E-state index contributed by atoms with van der Waals surface area (Å²) < 4.78 is 1.86. The van der Waals surface area contributed by atoms with Crippen molar-refractivity contribution >= 4 is 40.1 Å². The fourth-order valence-corrected chi connectivity index (χ4v) is 2.40. The van der Waals surface area contributed by atoms with Gasteiger partial charge in [0.05, 0.1) is 16.0 Å². The van der Waals surface area contributed by atoms with Crippen LogP contribution in [0.3, 0.4) is 0 Å². The summed E-state index contributed by atoms with van der Waals surface area (Å²) in [5.74, 6) is -0.836. The quantitative estimate of drug-likeness (QED) is 0.924. The maximum Gasteiger partial charge on any atom is 0.310 e. The Bertz CT molecular complexity index is 617. The number of carbonyl (C=O) groups is 1. The molecular weight excluding hydrogens is 273 g/mol. The van der Waals surface area contributed by atoms with Crippen LogP contribution in [0.4, 0.5) is 0 Å². The molecule has 1 aromatic heterocycles. The van der Waals surface area contributed by atoms with Gasteiger partial charge >= 0.3 is 5.97 Å². The van der Waals surface area contributed by atoms with E-state index in [4.69, 9.17) is 28.3 Å². The number of aliphatic carboxylic acids is 1. The molecule has 0 aliphatic carbocycles. The van der Waals surface area contributed by atoms with Crippen molar-refractivity contribution in [3.05, 3.63) is 34.4 Å². The molecule has 96 valence electrons. The number of hydrogen-bond donors (Lipinski definition) is 1. The number of benzene rings is 1. The summed E-state index contributed by atoms with van der Waals surface area (Å²) >= 11 is 12.1. The summed E-state index contributed by atoms with van der Waals surface area (Å²) in [7, 11) is 0. The third kappa shape index (κ3) is 2.33. The molecule has 0 amide bonds. The van der Waals surface area contributed by atoms with Crippen LogP contribution in [0.5, 0.6) is 0 Å². The van der Waals surface area contributed by atoms with Gasteiger partial charge in [0, 0.05) is 23.2 Å². The molecule has 5 heteroatoms. The molecule has 2 aromatic rings. The molecule has 0 saturated heterocycles. The highest BCUT2D eigenvalue weighted by atomic mass is 35.5. The van der Waals surface area contributed by atoms with E-state index in [1.165, 1.54) is 0 Å². The molecule has 18 heavy (non-hydrogen) atoms. The topological polar surface area (TPSA) is 42.2 Å². The number of halogens is 2. The first-order valence-corrected chi connectivity index (χ1v) is 6.24. The second-order valence-corrected chi connectivity index (χ2v) is 5.80. The number of rotatable bonds is 3. The molecule has 2 rings (SSSR count). The van der Waals surface area contributed by atoms with Crippen LogP contribution >= 0.6 is 23.2 Å². The third-order valence-electron chi connectivity index (χ3n) is 2.95. The van der Waals surface area contributed by atoms with Gasteiger partial charge in [-0.1, -0.05) is 23.2 Å². The van der Waals surface area contributed by atoms with E-state index in [1.54, 1.807) is 26.0 Å². The summed E-state index contributed by atoms with van der Waals surface area (Å²) in [6.45, 7) is 3.74. The molecule has 0 aliphatic heterocycles. The van der Waals surface area contributed by atoms with Crippen LogP contribution in [0.2, 0.25) is 10.0 Å². The van der Waals surface area contributed by atoms with Gasteiger partial charge in [0.15, 0.2) is 0 Å². The van der Waals surface area contributed by atoms with E-state index in [0.29, 0.717) is 16.6 Å². The lowest BCUT2D eigenvalue weighted by atomic mass is 9.94. The number of carboxylic acid groups (broad SMARTS) is 1. The molecule has 0 saturated carbocycles. The zero-order valence-corrected chi connectivity index (χ0v) is 11.6. The summed E-state index contributed by atoms with van der Waals surface area (Å²) in [6, 6.07) is 5.34. The van der Waals surface area contributed by atoms with Crippen molar-refractivity contribution in [1.82, 2.24) is 4.57 Å². The Labute approximate surface area is 115 Å². The second-order valence-electron chi connectivity index (χ2n) is 4.95. The normalized spacial score (nSPS) is 12.0. The van der Waals surface area contributed by atoms with E-state index < -0.39 is 11.4 Å². The first kappa shape index (κ1) is 13.2. The number of nitrogens with zero attached hydrogens (tertiary/aromatic N) is 1. The highest BCUT2D eigenvalue weighted by molar-refractivity contribution is 6.38. The van der Waals surface area contributed by atoms with Gasteiger partial charge in [-0.2, -0.15) is 0 Å². The lowest BCUT2D eigenvalue weighted by molar-refractivity contribution is -0.147. The van der Waals surface area contributed by atoms with Crippen LogP contribution in [0.25, 0.3) is 10.9 Å². The van der Waals surface area contributed by atoms with Crippen LogP contribution in [0, 0.1) is 5.41 Å². The van der Waals surface area contributed by atoms with Crippen LogP contribution < -0.4 is 0 Å². The van der Waals surface area contributed by atoms with Gasteiger partial charge in [0.25, 0.3) is 0 Å². The molecular formula is C13H13Cl2NO2. The standard InChI is InChI=1S/C13H13Cl2NO2/c1-13(2,12(17)18)7-16-4-3-9-10(15)5-8(14)6-11(9)16/h3-6H,7H2,1-2H3,(H,17,18). The number of carboxylic acids is 1. The number of fused-ring (bicyclic) bond motifs is 1. The van der Waals surface area contributed by atoms with Crippen molar-refractivity contribution < 1.29 is 9.90 Å². The smallest absolute Gasteiger partial charge is 0.310 e. The average Bonchev–Trinajstić information content (AvgIpc) is 2.61. The van der Waals surface area contributed by atoms with Gasteiger partial charge in [-0.05, 0) is 32.0 Å². The SMILES string of the molecule is CC(C)(Cn1ccc2c(Cl)cc(Cl)cc21)C(=O)O. The van der Waals surface area contributed by atoms with Gasteiger partial charge in [-0.3, -0.25) is 4.79 Å². The molecule has 1 heterocycles. The van der Waals surface area contributed by atoms with Gasteiger partial charge in [0.1, 0.15) is 0 Å². The Balaban J connectivity index is 2.50. The molecule has 1 aromatic carbocycles. The highest BCUT2D eigenvalue weighted by Crippen LogP contribution is 2.30. The number of aromatic nitrogens is 1. The van der Waals surface area contributed by atoms with Crippen molar-refractivity contribution in [3.8, 4) is 0 Å². The summed E-state index contributed by atoms with van der Waals surface area (Å²) in [4.78, 5) is 11.2. The monoisotopic (exact) mass is 285 g/mol. The third-order valence-corrected chi connectivity index (χ3v) is 3.48. The summed E-state index contributed by atoms with van der Waals surface area (Å²) in [6.07, 6.45) is 1.83. The second kappa shape index (κ2) is 4.48. The van der Waals surface area contributed by atoms with Crippen molar-refractivity contribution in [2.75, 3.05) is 0 Å². The van der Waals surface area contributed by atoms with Gasteiger partial charge in [-0.25, -0.2) is 0 Å². The van der Waals surface area contributed by atoms with Crippen molar-refractivity contribution in [2.24, 2.45) is 5.41 Å². The Kier molecular flexibility index (Phi) is 3.30. The fourth-order valence-electron chi connectivity index (χ4n) is 1.85. The fraction of sp³-hybridized carbons (Fsp3) is 0.308. The van der Waals surface area contributed by atoms with Crippen LogP contribution in [0.15, 0.2) is 24.4 Å². The molecule has 0 unspecified atom stereocenters. The van der Waals surface area contributed by atoms with Gasteiger partial charge in [0.2, 0.25) is 0 Å². The largest absolute Gasteiger partial charge is 0.481 e. The molecule has 0 spiro atoms. The molecule has 0 radical (unpaired) electrons. The zero-order chi connectivity index (χ0) is 13.5. The number of hydrogen-bond acceptors (Lipinski definition) is 1. The maximum absolute atomic E-state index is 11.2. The molecule has 3 nitrogen and oxygen atoms in total. The van der Waals surface area contributed by atoms with Gasteiger partial charge in [-0.15, -0.1) is 0 Å². The lowest BCUT2D eigenvalue weighted by Crippen LogP contribution is -2.28. The average molecular weight is 286 g/mol. The Morgan fingerprint density at radius 2 is 2.06 bits per heavy atom. The summed E-state index contributed by atoms with van der Waals surface area (Å²) in [5, 5.41) is 11.1. The Morgan fingerprint density at radius 1 is 1.39 bits per heavy atom. The first-order valence-electron chi connectivity index (χ1n) is 5.48. The van der Waals surface area contributed by atoms with Crippen molar-refractivity contribution in [1.29, 1.82) is 0 Å². The van der Waals surface area contributed by atoms with Crippen molar-refractivity contribution in [2.45, 2.75) is 20.4 Å². The molecule has 0 atom stereocenters. The molecule has 1 N–H and O–H groups in total. The predicted octanol–water partition coefficient (Wildman–Crippen LogP) is 4.06. The molecule has 0 bridgehead atoms. The minimum absolute atomic E-state index is 0.364. The van der Waals surface area contributed by atoms with Crippen LogP contribution in [0.1, 0.15) is 13.8 Å². The Hall–Kier alpha value is -1.19. The summed E-state index contributed by atoms with van der Waals surface area (Å²) in [5.41, 5.74) is 0.00243. The molecule has 0 fully saturated rings. The Morgan fingerprint density at radius 3 is 2.67 bits per heavy atom. The molecule has 0 aliphatic rings. The highest BCUT2D eigenvalue weighted by Gasteiger charge is 2.28.